The summed E-state index contributed by atoms with van der Waals surface area (Å²) in [6.45, 7) is 11.3. The molecule has 0 saturated carbocycles. The summed E-state index contributed by atoms with van der Waals surface area (Å²) in [5.41, 5.74) is 10.6. The lowest BCUT2D eigenvalue weighted by Gasteiger charge is -2.14. The fraction of sp³-hybridized carbons (Fsp3) is 0.348. The Kier molecular flexibility index (Phi) is 4.84. The summed E-state index contributed by atoms with van der Waals surface area (Å²) in [5, 5.41) is 0. The third-order valence-electron chi connectivity index (χ3n) is 4.96. The second-order valence-corrected chi connectivity index (χ2v) is 9.08. The molecule has 156 valence electrons. The van der Waals surface area contributed by atoms with E-state index in [-0.39, 0.29) is 11.2 Å². The van der Waals surface area contributed by atoms with Crippen LogP contribution >= 0.6 is 0 Å². The first kappa shape index (κ1) is 20.1. The van der Waals surface area contributed by atoms with Crippen molar-refractivity contribution in [2.45, 2.75) is 46.6 Å². The highest BCUT2D eigenvalue weighted by atomic mass is 19.1. The third-order valence-corrected chi connectivity index (χ3v) is 4.96. The normalized spacial score (nSPS) is 12.2. The minimum Gasteiger partial charge on any atom is -0.369 e. The van der Waals surface area contributed by atoms with Gasteiger partial charge in [0.15, 0.2) is 5.65 Å². The molecule has 0 unspecified atom stereocenters. The van der Waals surface area contributed by atoms with Gasteiger partial charge in [-0.2, -0.15) is 0 Å². The monoisotopic (exact) mass is 406 g/mol. The molecule has 0 spiro atoms. The zero-order valence-corrected chi connectivity index (χ0v) is 18.0. The Bertz CT molecular complexity index is 1200. The van der Waals surface area contributed by atoms with Crippen LogP contribution in [0.25, 0.3) is 33.8 Å². The number of imidazole rings is 2. The molecule has 0 amide bonds. The lowest BCUT2D eigenvalue weighted by molar-refractivity contribution is 0.535. The van der Waals surface area contributed by atoms with Crippen molar-refractivity contribution in [2.75, 3.05) is 5.73 Å². The van der Waals surface area contributed by atoms with Gasteiger partial charge in [0.05, 0.1) is 11.4 Å². The summed E-state index contributed by atoms with van der Waals surface area (Å²) in [6.07, 6.45) is 0. The minimum absolute atomic E-state index is 0.180. The molecule has 7 heteroatoms. The fourth-order valence-electron chi connectivity index (χ4n) is 3.44. The van der Waals surface area contributed by atoms with Crippen LogP contribution in [0.5, 0.6) is 0 Å². The number of fused-ring (bicyclic) bond motifs is 1. The highest BCUT2D eigenvalue weighted by Crippen LogP contribution is 2.33. The molecule has 30 heavy (non-hydrogen) atoms. The first-order valence-electron chi connectivity index (χ1n) is 10.1. The number of pyridine rings is 1. The van der Waals surface area contributed by atoms with Crippen molar-refractivity contribution in [1.29, 1.82) is 0 Å². The lowest BCUT2D eigenvalue weighted by atomic mass is 9.96. The van der Waals surface area contributed by atoms with E-state index in [1.54, 1.807) is 12.1 Å². The highest BCUT2D eigenvalue weighted by Gasteiger charge is 2.24. The number of nitrogens with two attached hydrogens (primary N) is 1. The summed E-state index contributed by atoms with van der Waals surface area (Å²) < 4.78 is 15.4. The van der Waals surface area contributed by atoms with E-state index in [0.29, 0.717) is 11.9 Å². The van der Waals surface area contributed by atoms with E-state index >= 15 is 0 Å². The number of nitrogens with zero attached hydrogens (tertiary/aromatic N) is 4. The molecule has 0 aliphatic heterocycles. The van der Waals surface area contributed by atoms with Gasteiger partial charge in [-0.25, -0.2) is 19.3 Å². The lowest BCUT2D eigenvalue weighted by Crippen LogP contribution is -2.13. The van der Waals surface area contributed by atoms with E-state index in [2.05, 4.69) is 44.6 Å². The summed E-state index contributed by atoms with van der Waals surface area (Å²) in [4.78, 5) is 17.6. The van der Waals surface area contributed by atoms with Gasteiger partial charge in [-0.15, -0.1) is 0 Å². The standard InChI is InChI=1S/C23H27FN6/c1-13(2)12-30-20-17(27-22(30)25)11-10-16(26-20)19-18(14-6-8-15(24)9-7-14)28-21(29-19)23(3,4)5/h6-11,13H,12H2,1-5H3,(H2,25,27)(H,28,29). The summed E-state index contributed by atoms with van der Waals surface area (Å²) in [5.74, 6) is 1.43. The van der Waals surface area contributed by atoms with E-state index in [1.165, 1.54) is 12.1 Å². The van der Waals surface area contributed by atoms with Crippen molar-refractivity contribution in [1.82, 2.24) is 24.5 Å². The first-order chi connectivity index (χ1) is 14.1. The first-order valence-corrected chi connectivity index (χ1v) is 10.1. The molecule has 4 aromatic rings. The average Bonchev–Trinajstić information content (AvgIpc) is 3.24. The molecular weight excluding hydrogens is 379 g/mol. The van der Waals surface area contributed by atoms with Gasteiger partial charge in [0, 0.05) is 17.5 Å². The zero-order chi connectivity index (χ0) is 21.6. The van der Waals surface area contributed by atoms with Crippen molar-refractivity contribution in [3.63, 3.8) is 0 Å². The number of nitrogens with one attached hydrogen (secondary N) is 1. The molecule has 6 nitrogen and oxygen atoms in total. The summed E-state index contributed by atoms with van der Waals surface area (Å²) >= 11 is 0. The predicted molar refractivity (Wildman–Crippen MR) is 118 cm³/mol. The summed E-state index contributed by atoms with van der Waals surface area (Å²) in [7, 11) is 0. The molecule has 1 aromatic carbocycles. The van der Waals surface area contributed by atoms with Crippen molar-refractivity contribution < 1.29 is 4.39 Å². The molecule has 0 bridgehead atoms. The van der Waals surface area contributed by atoms with Gasteiger partial charge in [-0.3, -0.25) is 4.57 Å². The molecular formula is C23H27FN6. The molecule has 0 radical (unpaired) electrons. The Labute approximate surface area is 175 Å². The van der Waals surface area contributed by atoms with Crippen LogP contribution in [0.4, 0.5) is 10.3 Å². The van der Waals surface area contributed by atoms with Gasteiger partial charge in [0.2, 0.25) is 5.95 Å². The minimum atomic E-state index is -0.275. The van der Waals surface area contributed by atoms with Crippen LogP contribution in [-0.4, -0.2) is 24.5 Å². The second kappa shape index (κ2) is 7.23. The molecule has 3 aromatic heterocycles. The number of aromatic amines is 1. The van der Waals surface area contributed by atoms with Crippen LogP contribution in [0.2, 0.25) is 0 Å². The van der Waals surface area contributed by atoms with Crippen LogP contribution in [0.15, 0.2) is 36.4 Å². The number of hydrogen-bond donors (Lipinski definition) is 2. The van der Waals surface area contributed by atoms with Crippen LogP contribution in [0.1, 0.15) is 40.4 Å². The average molecular weight is 407 g/mol. The predicted octanol–water partition coefficient (Wildman–Crippen LogP) is 5.16. The molecule has 0 atom stereocenters. The number of hydrogen-bond acceptors (Lipinski definition) is 4. The molecule has 0 saturated heterocycles. The van der Waals surface area contributed by atoms with Gasteiger partial charge in [-0.05, 0) is 42.3 Å². The summed E-state index contributed by atoms with van der Waals surface area (Å²) in [6, 6.07) is 10.2. The van der Waals surface area contributed by atoms with Crippen molar-refractivity contribution in [2.24, 2.45) is 5.92 Å². The Morgan fingerprint density at radius 2 is 1.73 bits per heavy atom. The van der Waals surface area contributed by atoms with Gasteiger partial charge in [0.1, 0.15) is 22.9 Å². The Morgan fingerprint density at radius 3 is 2.37 bits per heavy atom. The number of nitrogen functional groups attached to an aromatic ring is 1. The van der Waals surface area contributed by atoms with E-state index < -0.39 is 0 Å². The quantitative estimate of drug-likeness (QED) is 0.490. The largest absolute Gasteiger partial charge is 0.369 e. The van der Waals surface area contributed by atoms with Crippen molar-refractivity contribution in [3.8, 4) is 22.6 Å². The van der Waals surface area contributed by atoms with Crippen LogP contribution < -0.4 is 5.73 Å². The van der Waals surface area contributed by atoms with Crippen LogP contribution in [-0.2, 0) is 12.0 Å². The number of benzene rings is 1. The van der Waals surface area contributed by atoms with Gasteiger partial charge < -0.3 is 10.7 Å². The zero-order valence-electron chi connectivity index (χ0n) is 18.0. The second-order valence-electron chi connectivity index (χ2n) is 9.08. The van der Waals surface area contributed by atoms with E-state index in [4.69, 9.17) is 15.7 Å². The van der Waals surface area contributed by atoms with Crippen LogP contribution in [0.3, 0.4) is 0 Å². The SMILES string of the molecule is CC(C)Cn1c(N)nc2ccc(-c3nc(C(C)(C)C)[nH]c3-c3ccc(F)cc3)nc21. The number of aromatic nitrogens is 5. The maximum absolute atomic E-state index is 13.5. The molecule has 3 N–H and O–H groups in total. The maximum atomic E-state index is 13.5. The molecule has 0 fully saturated rings. The third kappa shape index (κ3) is 3.67. The highest BCUT2D eigenvalue weighted by molar-refractivity contribution is 5.82. The number of H-pyrrole nitrogens is 1. The number of rotatable bonds is 4. The van der Waals surface area contributed by atoms with E-state index in [9.17, 15) is 4.39 Å². The molecule has 0 aliphatic rings. The fourth-order valence-corrected chi connectivity index (χ4v) is 3.44. The van der Waals surface area contributed by atoms with Gasteiger partial charge in [0.25, 0.3) is 0 Å². The van der Waals surface area contributed by atoms with E-state index in [0.717, 1.165) is 46.2 Å². The Hall–Kier alpha value is -3.22. The Morgan fingerprint density at radius 1 is 1.03 bits per heavy atom. The smallest absolute Gasteiger partial charge is 0.202 e. The topological polar surface area (TPSA) is 85.4 Å². The van der Waals surface area contributed by atoms with Crippen LogP contribution in [0, 0.1) is 11.7 Å². The van der Waals surface area contributed by atoms with E-state index in [1.807, 2.05) is 16.7 Å². The Balaban J connectivity index is 1.91. The number of halogens is 1. The van der Waals surface area contributed by atoms with Gasteiger partial charge in [-0.1, -0.05) is 34.6 Å². The van der Waals surface area contributed by atoms with Crippen molar-refractivity contribution in [3.05, 3.63) is 48.0 Å². The molecule has 4 rings (SSSR count). The van der Waals surface area contributed by atoms with Gasteiger partial charge >= 0.3 is 0 Å². The van der Waals surface area contributed by atoms with Crippen molar-refractivity contribution >= 4 is 17.1 Å². The molecule has 3 heterocycles. The number of anilines is 1. The molecule has 0 aliphatic carbocycles. The maximum Gasteiger partial charge on any atom is 0.202 e.